The number of rotatable bonds is 1. The molecule has 0 radical (unpaired) electrons. The summed E-state index contributed by atoms with van der Waals surface area (Å²) in [6.45, 7) is 2.21. The highest BCUT2D eigenvalue weighted by molar-refractivity contribution is 5.79. The van der Waals surface area contributed by atoms with Crippen LogP contribution in [0.25, 0.3) is 11.0 Å². The Morgan fingerprint density at radius 2 is 2.19 bits per heavy atom. The van der Waals surface area contributed by atoms with E-state index < -0.39 is 0 Å². The molecular formula is C12H14FN3. The Kier molecular flexibility index (Phi) is 1.93. The van der Waals surface area contributed by atoms with Crippen molar-refractivity contribution >= 4 is 17.0 Å². The molecule has 1 aliphatic carbocycles. The molecule has 0 saturated heterocycles. The van der Waals surface area contributed by atoms with Crippen LogP contribution in [0.5, 0.6) is 0 Å². The highest BCUT2D eigenvalue weighted by atomic mass is 19.1. The van der Waals surface area contributed by atoms with Crippen molar-refractivity contribution in [3.05, 3.63) is 24.0 Å². The lowest BCUT2D eigenvalue weighted by Gasteiger charge is -2.34. The van der Waals surface area contributed by atoms with Gasteiger partial charge in [-0.15, -0.1) is 0 Å². The quantitative estimate of drug-likeness (QED) is 0.801. The van der Waals surface area contributed by atoms with Gasteiger partial charge in [0.2, 0.25) is 5.95 Å². The first-order valence-corrected chi connectivity index (χ1v) is 5.58. The molecule has 0 spiro atoms. The van der Waals surface area contributed by atoms with Gasteiger partial charge in [-0.2, -0.15) is 0 Å². The SMILES string of the molecule is CC1CC(n2c(N)nc3c(F)cccc32)C1. The Labute approximate surface area is 93.1 Å². The van der Waals surface area contributed by atoms with E-state index >= 15 is 0 Å². The minimum Gasteiger partial charge on any atom is -0.369 e. The molecule has 2 N–H and O–H groups in total. The maximum atomic E-state index is 13.5. The van der Waals surface area contributed by atoms with Gasteiger partial charge in [0.25, 0.3) is 0 Å². The summed E-state index contributed by atoms with van der Waals surface area (Å²) in [6, 6.07) is 5.40. The Balaban J connectivity index is 2.16. The van der Waals surface area contributed by atoms with Crippen molar-refractivity contribution in [1.29, 1.82) is 0 Å². The van der Waals surface area contributed by atoms with E-state index in [1.54, 1.807) is 6.07 Å². The van der Waals surface area contributed by atoms with Crippen LogP contribution in [0.2, 0.25) is 0 Å². The third kappa shape index (κ3) is 1.22. The van der Waals surface area contributed by atoms with E-state index in [0.29, 0.717) is 17.5 Å². The van der Waals surface area contributed by atoms with Crippen LogP contribution in [0.1, 0.15) is 25.8 Å². The van der Waals surface area contributed by atoms with Crippen LogP contribution in [0.3, 0.4) is 0 Å². The zero-order valence-corrected chi connectivity index (χ0v) is 9.15. The molecule has 1 aromatic carbocycles. The average Bonchev–Trinajstić information content (AvgIpc) is 2.52. The summed E-state index contributed by atoms with van der Waals surface area (Å²) < 4.78 is 15.5. The molecule has 84 valence electrons. The first-order chi connectivity index (χ1) is 7.66. The first-order valence-electron chi connectivity index (χ1n) is 5.58. The van der Waals surface area contributed by atoms with E-state index in [1.807, 2.05) is 10.6 Å². The van der Waals surface area contributed by atoms with E-state index in [9.17, 15) is 4.39 Å². The second-order valence-corrected chi connectivity index (χ2v) is 4.68. The largest absolute Gasteiger partial charge is 0.369 e. The number of imidazole rings is 1. The van der Waals surface area contributed by atoms with Crippen molar-refractivity contribution in [2.24, 2.45) is 5.92 Å². The number of hydrogen-bond donors (Lipinski definition) is 1. The third-order valence-corrected chi connectivity index (χ3v) is 3.41. The molecule has 0 bridgehead atoms. The summed E-state index contributed by atoms with van der Waals surface area (Å²) in [5, 5.41) is 0. The second kappa shape index (κ2) is 3.20. The van der Waals surface area contributed by atoms with Crippen molar-refractivity contribution in [3.8, 4) is 0 Å². The number of aromatic nitrogens is 2. The van der Waals surface area contributed by atoms with Gasteiger partial charge >= 0.3 is 0 Å². The lowest BCUT2D eigenvalue weighted by Crippen LogP contribution is -2.25. The zero-order chi connectivity index (χ0) is 11.3. The molecule has 1 aromatic heterocycles. The molecule has 1 fully saturated rings. The number of fused-ring (bicyclic) bond motifs is 1. The number of para-hydroxylation sites is 1. The van der Waals surface area contributed by atoms with E-state index in [4.69, 9.17) is 5.73 Å². The molecule has 4 heteroatoms. The first kappa shape index (κ1) is 9.63. The lowest BCUT2D eigenvalue weighted by molar-refractivity contribution is 0.223. The van der Waals surface area contributed by atoms with Crippen molar-refractivity contribution in [2.75, 3.05) is 5.73 Å². The lowest BCUT2D eigenvalue weighted by atomic mass is 9.81. The van der Waals surface area contributed by atoms with Crippen LogP contribution in [0, 0.1) is 11.7 Å². The van der Waals surface area contributed by atoms with Gasteiger partial charge in [-0.3, -0.25) is 0 Å². The molecule has 3 rings (SSSR count). The van der Waals surface area contributed by atoms with Crippen LogP contribution in [-0.4, -0.2) is 9.55 Å². The van der Waals surface area contributed by atoms with Gasteiger partial charge in [0.05, 0.1) is 5.52 Å². The number of halogens is 1. The highest BCUT2D eigenvalue weighted by Gasteiger charge is 2.29. The Morgan fingerprint density at radius 3 is 2.88 bits per heavy atom. The fourth-order valence-electron chi connectivity index (χ4n) is 2.56. The average molecular weight is 219 g/mol. The van der Waals surface area contributed by atoms with Crippen molar-refractivity contribution in [2.45, 2.75) is 25.8 Å². The topological polar surface area (TPSA) is 43.8 Å². The van der Waals surface area contributed by atoms with E-state index in [2.05, 4.69) is 11.9 Å². The van der Waals surface area contributed by atoms with Crippen LogP contribution in [-0.2, 0) is 0 Å². The second-order valence-electron chi connectivity index (χ2n) is 4.68. The van der Waals surface area contributed by atoms with Gasteiger partial charge in [0.15, 0.2) is 5.82 Å². The summed E-state index contributed by atoms with van der Waals surface area (Å²) in [4.78, 5) is 4.11. The minimum atomic E-state index is -0.296. The monoisotopic (exact) mass is 219 g/mol. The van der Waals surface area contributed by atoms with Gasteiger partial charge in [-0.25, -0.2) is 9.37 Å². The molecule has 16 heavy (non-hydrogen) atoms. The van der Waals surface area contributed by atoms with Crippen LogP contribution >= 0.6 is 0 Å². The van der Waals surface area contributed by atoms with Crippen molar-refractivity contribution in [1.82, 2.24) is 9.55 Å². The summed E-state index contributed by atoms with van der Waals surface area (Å²) in [5.41, 5.74) is 7.07. The molecule has 0 amide bonds. The van der Waals surface area contributed by atoms with Gasteiger partial charge in [0.1, 0.15) is 5.52 Å². The number of nitrogens with two attached hydrogens (primary N) is 1. The summed E-state index contributed by atoms with van der Waals surface area (Å²) >= 11 is 0. The predicted octanol–water partition coefficient (Wildman–Crippen LogP) is 2.73. The number of nitrogens with zero attached hydrogens (tertiary/aromatic N) is 2. The molecule has 0 atom stereocenters. The third-order valence-electron chi connectivity index (χ3n) is 3.41. The van der Waals surface area contributed by atoms with Gasteiger partial charge < -0.3 is 10.3 Å². The molecule has 2 aromatic rings. The normalized spacial score (nSPS) is 24.6. The summed E-state index contributed by atoms with van der Waals surface area (Å²) in [6.07, 6.45) is 2.21. The summed E-state index contributed by atoms with van der Waals surface area (Å²) in [5.74, 6) is 0.864. The molecule has 0 aliphatic heterocycles. The molecular weight excluding hydrogens is 205 g/mol. The Morgan fingerprint density at radius 1 is 1.44 bits per heavy atom. The fourth-order valence-corrected chi connectivity index (χ4v) is 2.56. The van der Waals surface area contributed by atoms with Crippen molar-refractivity contribution < 1.29 is 4.39 Å². The van der Waals surface area contributed by atoms with E-state index in [-0.39, 0.29) is 5.82 Å². The highest BCUT2D eigenvalue weighted by Crippen LogP contribution is 2.40. The van der Waals surface area contributed by atoms with E-state index in [1.165, 1.54) is 6.07 Å². The standard InChI is InChI=1S/C12H14FN3/c1-7-5-8(6-7)16-10-4-2-3-9(13)11(10)15-12(16)14/h2-4,7-8H,5-6H2,1H3,(H2,14,15). The fraction of sp³-hybridized carbons (Fsp3) is 0.417. The Bertz CT molecular complexity index is 540. The molecule has 1 aliphatic rings. The number of anilines is 1. The predicted molar refractivity (Wildman–Crippen MR) is 61.5 cm³/mol. The van der Waals surface area contributed by atoms with Crippen LogP contribution in [0.4, 0.5) is 10.3 Å². The number of nitrogen functional groups attached to an aromatic ring is 1. The maximum Gasteiger partial charge on any atom is 0.201 e. The van der Waals surface area contributed by atoms with Crippen molar-refractivity contribution in [3.63, 3.8) is 0 Å². The zero-order valence-electron chi connectivity index (χ0n) is 9.15. The molecule has 1 saturated carbocycles. The Hall–Kier alpha value is -1.58. The molecule has 3 nitrogen and oxygen atoms in total. The number of hydrogen-bond acceptors (Lipinski definition) is 2. The maximum absolute atomic E-state index is 13.5. The summed E-state index contributed by atoms with van der Waals surface area (Å²) in [7, 11) is 0. The smallest absolute Gasteiger partial charge is 0.201 e. The van der Waals surface area contributed by atoms with Crippen LogP contribution in [0.15, 0.2) is 18.2 Å². The van der Waals surface area contributed by atoms with Gasteiger partial charge in [-0.1, -0.05) is 13.0 Å². The number of benzene rings is 1. The minimum absolute atomic E-state index is 0.296. The van der Waals surface area contributed by atoms with Crippen LogP contribution < -0.4 is 5.73 Å². The van der Waals surface area contributed by atoms with Gasteiger partial charge in [-0.05, 0) is 30.9 Å². The van der Waals surface area contributed by atoms with Gasteiger partial charge in [0, 0.05) is 6.04 Å². The molecule has 1 heterocycles. The molecule has 0 unspecified atom stereocenters. The van der Waals surface area contributed by atoms with E-state index in [0.717, 1.165) is 24.3 Å².